The molecule has 0 bridgehead atoms. The van der Waals surface area contributed by atoms with Gasteiger partial charge in [0, 0.05) is 12.6 Å². The van der Waals surface area contributed by atoms with E-state index in [9.17, 15) is 5.11 Å². The number of methoxy groups -OCH3 is 1. The quantitative estimate of drug-likeness (QED) is 0.897. The second-order valence-corrected chi connectivity index (χ2v) is 6.14. The zero-order chi connectivity index (χ0) is 14.5. The predicted molar refractivity (Wildman–Crippen MR) is 82.0 cm³/mol. The van der Waals surface area contributed by atoms with E-state index in [-0.39, 0.29) is 0 Å². The van der Waals surface area contributed by atoms with Crippen LogP contribution in [0.1, 0.15) is 44.3 Å². The summed E-state index contributed by atoms with van der Waals surface area (Å²) in [7, 11) is 3.79. The Morgan fingerprint density at radius 2 is 1.80 bits per heavy atom. The van der Waals surface area contributed by atoms with Crippen LogP contribution in [0.2, 0.25) is 0 Å². The van der Waals surface area contributed by atoms with E-state index in [1.807, 2.05) is 24.3 Å². The van der Waals surface area contributed by atoms with Crippen LogP contribution in [0.25, 0.3) is 0 Å². The summed E-state index contributed by atoms with van der Waals surface area (Å²) in [5.74, 6) is 1.70. The number of rotatable bonds is 5. The lowest BCUT2D eigenvalue weighted by Crippen LogP contribution is -2.37. The van der Waals surface area contributed by atoms with Gasteiger partial charge in [0.1, 0.15) is 5.75 Å². The molecule has 1 fully saturated rings. The van der Waals surface area contributed by atoms with E-state index in [1.165, 1.54) is 25.7 Å². The summed E-state index contributed by atoms with van der Waals surface area (Å²) >= 11 is 0. The Bertz CT molecular complexity index is 396. The minimum Gasteiger partial charge on any atom is -0.497 e. The van der Waals surface area contributed by atoms with Crippen LogP contribution in [0.4, 0.5) is 0 Å². The van der Waals surface area contributed by atoms with Crippen LogP contribution in [0.3, 0.4) is 0 Å². The van der Waals surface area contributed by atoms with Crippen LogP contribution in [-0.4, -0.2) is 36.8 Å². The lowest BCUT2D eigenvalue weighted by Gasteiger charge is -2.34. The first-order chi connectivity index (χ1) is 9.60. The van der Waals surface area contributed by atoms with E-state index in [2.05, 4.69) is 18.9 Å². The number of ether oxygens (including phenoxy) is 1. The molecule has 1 aliphatic rings. The largest absolute Gasteiger partial charge is 0.497 e. The molecule has 1 unspecified atom stereocenters. The molecule has 1 N–H and O–H groups in total. The molecule has 3 heteroatoms. The monoisotopic (exact) mass is 277 g/mol. The van der Waals surface area contributed by atoms with Gasteiger partial charge in [0.05, 0.1) is 13.2 Å². The van der Waals surface area contributed by atoms with E-state index >= 15 is 0 Å². The van der Waals surface area contributed by atoms with Gasteiger partial charge < -0.3 is 14.7 Å². The maximum absolute atomic E-state index is 10.4. The van der Waals surface area contributed by atoms with Crippen LogP contribution in [0.15, 0.2) is 24.3 Å². The summed E-state index contributed by atoms with van der Waals surface area (Å²) in [6.45, 7) is 3.04. The molecule has 0 spiro atoms. The number of hydrogen-bond acceptors (Lipinski definition) is 3. The zero-order valence-corrected chi connectivity index (χ0v) is 12.9. The number of benzene rings is 1. The maximum Gasteiger partial charge on any atom is 0.118 e. The van der Waals surface area contributed by atoms with Crippen molar-refractivity contribution in [2.45, 2.75) is 44.8 Å². The fourth-order valence-electron chi connectivity index (χ4n) is 3.04. The van der Waals surface area contributed by atoms with Gasteiger partial charge in [-0.05, 0) is 56.3 Å². The Labute approximate surface area is 122 Å². The molecule has 112 valence electrons. The molecule has 3 nitrogen and oxygen atoms in total. The Morgan fingerprint density at radius 3 is 2.35 bits per heavy atom. The van der Waals surface area contributed by atoms with Crippen molar-refractivity contribution in [2.24, 2.45) is 5.92 Å². The molecule has 1 aliphatic carbocycles. The second-order valence-electron chi connectivity index (χ2n) is 6.14. The SMILES string of the molecule is COc1ccc(C(O)CN(C)C2CCC(C)CC2)cc1. The standard InChI is InChI=1S/C17H27NO2/c1-13-4-8-15(9-5-13)18(2)12-17(19)14-6-10-16(20-3)11-7-14/h6-7,10-11,13,15,17,19H,4-5,8-9,12H2,1-3H3. The van der Waals surface area contributed by atoms with Crippen LogP contribution in [0, 0.1) is 5.92 Å². The minimum absolute atomic E-state index is 0.426. The Balaban J connectivity index is 1.87. The summed E-state index contributed by atoms with van der Waals surface area (Å²) < 4.78 is 5.14. The lowest BCUT2D eigenvalue weighted by atomic mass is 9.86. The number of likely N-dealkylation sites (N-methyl/N-ethyl adjacent to an activating group) is 1. The Hall–Kier alpha value is -1.06. The smallest absolute Gasteiger partial charge is 0.118 e. The van der Waals surface area contributed by atoms with E-state index in [1.54, 1.807) is 7.11 Å². The lowest BCUT2D eigenvalue weighted by molar-refractivity contribution is 0.0857. The van der Waals surface area contributed by atoms with E-state index in [0.717, 1.165) is 17.2 Å². The van der Waals surface area contributed by atoms with Crippen LogP contribution < -0.4 is 4.74 Å². The third-order valence-electron chi connectivity index (χ3n) is 4.57. The average molecular weight is 277 g/mol. The van der Waals surface area contributed by atoms with Crippen LogP contribution >= 0.6 is 0 Å². The van der Waals surface area contributed by atoms with E-state index in [0.29, 0.717) is 12.6 Å². The van der Waals surface area contributed by atoms with Crippen molar-refractivity contribution >= 4 is 0 Å². The van der Waals surface area contributed by atoms with Crippen LogP contribution in [-0.2, 0) is 0 Å². The highest BCUT2D eigenvalue weighted by Gasteiger charge is 2.23. The molecule has 0 aromatic heterocycles. The maximum atomic E-state index is 10.4. The Kier molecular flexibility index (Phi) is 5.44. The zero-order valence-electron chi connectivity index (χ0n) is 12.9. The number of nitrogens with zero attached hydrogens (tertiary/aromatic N) is 1. The van der Waals surface area contributed by atoms with Crippen molar-refractivity contribution in [1.82, 2.24) is 4.90 Å². The van der Waals surface area contributed by atoms with E-state index in [4.69, 9.17) is 4.74 Å². The average Bonchev–Trinajstić information content (AvgIpc) is 2.48. The first-order valence-corrected chi connectivity index (χ1v) is 7.62. The molecule has 0 saturated heterocycles. The van der Waals surface area contributed by atoms with Crippen molar-refractivity contribution in [3.63, 3.8) is 0 Å². The minimum atomic E-state index is -0.426. The molecule has 20 heavy (non-hydrogen) atoms. The molecule has 1 atom stereocenters. The number of hydrogen-bond donors (Lipinski definition) is 1. The second kappa shape index (κ2) is 7.09. The predicted octanol–water partition coefficient (Wildman–Crippen LogP) is 3.24. The van der Waals surface area contributed by atoms with Gasteiger partial charge in [-0.1, -0.05) is 19.1 Å². The van der Waals surface area contributed by atoms with Gasteiger partial charge in [-0.15, -0.1) is 0 Å². The van der Waals surface area contributed by atoms with Crippen molar-refractivity contribution < 1.29 is 9.84 Å². The molecule has 2 rings (SSSR count). The van der Waals surface area contributed by atoms with Crippen molar-refractivity contribution in [3.05, 3.63) is 29.8 Å². The van der Waals surface area contributed by atoms with Gasteiger partial charge in [-0.3, -0.25) is 0 Å². The fraction of sp³-hybridized carbons (Fsp3) is 0.647. The summed E-state index contributed by atoms with van der Waals surface area (Å²) in [4.78, 5) is 2.32. The highest BCUT2D eigenvalue weighted by atomic mass is 16.5. The topological polar surface area (TPSA) is 32.7 Å². The van der Waals surface area contributed by atoms with Gasteiger partial charge in [-0.2, -0.15) is 0 Å². The molecular weight excluding hydrogens is 250 g/mol. The first kappa shape index (κ1) is 15.3. The van der Waals surface area contributed by atoms with E-state index < -0.39 is 6.10 Å². The fourth-order valence-corrected chi connectivity index (χ4v) is 3.04. The highest BCUT2D eigenvalue weighted by Crippen LogP contribution is 2.27. The molecule has 0 amide bonds. The van der Waals surface area contributed by atoms with Gasteiger partial charge in [0.2, 0.25) is 0 Å². The van der Waals surface area contributed by atoms with Gasteiger partial charge in [-0.25, -0.2) is 0 Å². The van der Waals surface area contributed by atoms with Gasteiger partial charge >= 0.3 is 0 Å². The summed E-state index contributed by atoms with van der Waals surface area (Å²) in [6.07, 6.45) is 4.71. The molecular formula is C17H27NO2. The van der Waals surface area contributed by atoms with Crippen molar-refractivity contribution in [1.29, 1.82) is 0 Å². The van der Waals surface area contributed by atoms with Crippen molar-refractivity contribution in [3.8, 4) is 5.75 Å². The summed E-state index contributed by atoms with van der Waals surface area (Å²) in [5, 5.41) is 10.4. The molecule has 1 aromatic rings. The van der Waals surface area contributed by atoms with Crippen molar-refractivity contribution in [2.75, 3.05) is 20.7 Å². The van der Waals surface area contributed by atoms with Gasteiger partial charge in [0.25, 0.3) is 0 Å². The Morgan fingerprint density at radius 1 is 1.20 bits per heavy atom. The third-order valence-corrected chi connectivity index (χ3v) is 4.57. The first-order valence-electron chi connectivity index (χ1n) is 7.62. The number of aliphatic hydroxyl groups is 1. The summed E-state index contributed by atoms with van der Waals surface area (Å²) in [6, 6.07) is 8.32. The molecule has 1 aromatic carbocycles. The molecule has 0 heterocycles. The van der Waals surface area contributed by atoms with Gasteiger partial charge in [0.15, 0.2) is 0 Å². The normalized spacial score (nSPS) is 24.6. The van der Waals surface area contributed by atoms with Crippen LogP contribution in [0.5, 0.6) is 5.75 Å². The molecule has 1 saturated carbocycles. The molecule has 0 aliphatic heterocycles. The summed E-state index contributed by atoms with van der Waals surface area (Å²) in [5.41, 5.74) is 0.960. The molecule has 0 radical (unpaired) electrons. The number of aliphatic hydroxyl groups excluding tert-OH is 1. The third kappa shape index (κ3) is 3.97. The highest BCUT2D eigenvalue weighted by molar-refractivity contribution is 5.28.